The lowest BCUT2D eigenvalue weighted by Crippen LogP contribution is -1.79. The van der Waals surface area contributed by atoms with Gasteiger partial charge in [0.1, 0.15) is 0 Å². The highest BCUT2D eigenvalue weighted by Gasteiger charge is 1.80. The van der Waals surface area contributed by atoms with E-state index in [4.69, 9.17) is 0 Å². The fourth-order valence-corrected chi connectivity index (χ4v) is 0. The predicted octanol–water partition coefficient (Wildman–Crippen LogP) is 3.17. The molecule has 52 valence electrons. The Morgan fingerprint density at radius 3 is 1.38 bits per heavy atom. The third kappa shape index (κ3) is 32.9. The Morgan fingerprint density at radius 2 is 1.38 bits per heavy atom. The van der Waals surface area contributed by atoms with Crippen molar-refractivity contribution >= 4 is 11.8 Å². The van der Waals surface area contributed by atoms with Crippen LogP contribution in [0.25, 0.3) is 0 Å². The molecule has 0 aromatic carbocycles. The highest BCUT2D eigenvalue weighted by Crippen LogP contribution is 2.00. The van der Waals surface area contributed by atoms with Gasteiger partial charge in [-0.25, -0.2) is 0 Å². The molecule has 0 aliphatic carbocycles. The summed E-state index contributed by atoms with van der Waals surface area (Å²) in [6, 6.07) is 0. The van der Waals surface area contributed by atoms with Crippen molar-refractivity contribution in [2.45, 2.75) is 39.4 Å². The molecule has 0 aliphatic heterocycles. The quantitative estimate of drug-likeness (QED) is 0.531. The first-order chi connectivity index (χ1) is 3.68. The molecule has 0 atom stereocenters. The molecule has 1 heteroatoms. The Kier molecular flexibility index (Phi) is 14.5. The average molecular weight is 134 g/mol. The largest absolute Gasteiger partial charge is 0.163 e. The van der Waals surface area contributed by atoms with E-state index in [-0.39, 0.29) is 0 Å². The minimum atomic E-state index is 0.801. The minimum Gasteiger partial charge on any atom is -0.163 e. The molecule has 0 amide bonds. The van der Waals surface area contributed by atoms with E-state index >= 15 is 0 Å². The van der Waals surface area contributed by atoms with E-state index in [1.165, 1.54) is 6.42 Å². The lowest BCUT2D eigenvalue weighted by atomic mass is 10.6. The van der Waals surface area contributed by atoms with Gasteiger partial charge in [-0.3, -0.25) is 0 Å². The summed E-state index contributed by atoms with van der Waals surface area (Å²) in [6.07, 6.45) is 3.37. The summed E-state index contributed by atoms with van der Waals surface area (Å²) in [5, 5.41) is 0.801. The summed E-state index contributed by atoms with van der Waals surface area (Å²) in [5.41, 5.74) is 0. The fourth-order valence-electron chi connectivity index (χ4n) is 0. The van der Waals surface area contributed by atoms with Crippen LogP contribution in [0.5, 0.6) is 0 Å². The molecular weight excluding hydrogens is 116 g/mol. The van der Waals surface area contributed by atoms with Crippen molar-refractivity contribution in [3.05, 3.63) is 0 Å². The van der Waals surface area contributed by atoms with Gasteiger partial charge in [-0.2, -0.15) is 11.8 Å². The third-order valence-electron chi connectivity index (χ3n) is 0.471. The van der Waals surface area contributed by atoms with Crippen LogP contribution in [0, 0.1) is 0 Å². The van der Waals surface area contributed by atoms with E-state index in [1.807, 2.05) is 11.8 Å². The van der Waals surface area contributed by atoms with Gasteiger partial charge in [0.2, 0.25) is 0 Å². The maximum absolute atomic E-state index is 2.19. The molecule has 0 saturated carbocycles. The van der Waals surface area contributed by atoms with Crippen molar-refractivity contribution in [2.75, 3.05) is 6.26 Å². The van der Waals surface area contributed by atoms with Crippen LogP contribution in [-0.4, -0.2) is 11.5 Å². The van der Waals surface area contributed by atoms with Crippen LogP contribution in [0.3, 0.4) is 0 Å². The summed E-state index contributed by atoms with van der Waals surface area (Å²) < 4.78 is 0. The van der Waals surface area contributed by atoms with Gasteiger partial charge in [0.05, 0.1) is 0 Å². The lowest BCUT2D eigenvalue weighted by Gasteiger charge is -1.90. The first-order valence-corrected chi connectivity index (χ1v) is 4.50. The molecule has 0 fully saturated rings. The van der Waals surface area contributed by atoms with Crippen LogP contribution in [0.15, 0.2) is 0 Å². The lowest BCUT2D eigenvalue weighted by molar-refractivity contribution is 1.09. The van der Waals surface area contributed by atoms with E-state index in [9.17, 15) is 0 Å². The standard InChI is InChI=1S/C4H10S.C3H8/c1-4(2)5-3;1-3-2/h4H,1-3H3;3H2,1-2H3. The Balaban J connectivity index is 0. The SMILES string of the molecule is CCC.CSC(C)C. The summed E-state index contributed by atoms with van der Waals surface area (Å²) in [7, 11) is 0. The highest BCUT2D eigenvalue weighted by atomic mass is 32.2. The van der Waals surface area contributed by atoms with E-state index in [1.54, 1.807) is 0 Å². The molecular formula is C7H18S. The summed E-state index contributed by atoms with van der Waals surface area (Å²) in [5.74, 6) is 0. The number of rotatable bonds is 1. The van der Waals surface area contributed by atoms with Crippen molar-refractivity contribution in [3.8, 4) is 0 Å². The van der Waals surface area contributed by atoms with E-state index in [0.29, 0.717) is 0 Å². The summed E-state index contributed by atoms with van der Waals surface area (Å²) in [6.45, 7) is 8.62. The smallest absolute Gasteiger partial charge is 0.00125 e. The Morgan fingerprint density at radius 1 is 1.25 bits per heavy atom. The minimum absolute atomic E-state index is 0.801. The molecule has 0 aromatic rings. The van der Waals surface area contributed by atoms with E-state index in [2.05, 4.69) is 34.0 Å². The van der Waals surface area contributed by atoms with Gasteiger partial charge in [0, 0.05) is 0 Å². The van der Waals surface area contributed by atoms with Crippen molar-refractivity contribution in [1.29, 1.82) is 0 Å². The van der Waals surface area contributed by atoms with Gasteiger partial charge < -0.3 is 0 Å². The van der Waals surface area contributed by atoms with Gasteiger partial charge in [-0.05, 0) is 11.5 Å². The molecule has 0 rings (SSSR count). The van der Waals surface area contributed by atoms with Crippen LogP contribution in [0.2, 0.25) is 0 Å². The predicted molar refractivity (Wildman–Crippen MR) is 44.6 cm³/mol. The van der Waals surface area contributed by atoms with E-state index in [0.717, 1.165) is 5.25 Å². The monoisotopic (exact) mass is 134 g/mol. The van der Waals surface area contributed by atoms with Crippen molar-refractivity contribution in [2.24, 2.45) is 0 Å². The highest BCUT2D eigenvalue weighted by molar-refractivity contribution is 7.99. The van der Waals surface area contributed by atoms with Gasteiger partial charge in [-0.1, -0.05) is 34.1 Å². The summed E-state index contributed by atoms with van der Waals surface area (Å²) in [4.78, 5) is 0. The van der Waals surface area contributed by atoms with Crippen LogP contribution in [0.1, 0.15) is 34.1 Å². The Labute approximate surface area is 58.1 Å². The molecule has 0 aliphatic rings. The second-order valence-corrected chi connectivity index (χ2v) is 3.41. The van der Waals surface area contributed by atoms with Gasteiger partial charge in [-0.15, -0.1) is 0 Å². The first-order valence-electron chi connectivity index (χ1n) is 3.21. The molecule has 0 nitrogen and oxygen atoms in total. The molecule has 0 heterocycles. The molecule has 0 spiro atoms. The maximum Gasteiger partial charge on any atom is -0.00125 e. The molecule has 8 heavy (non-hydrogen) atoms. The van der Waals surface area contributed by atoms with Crippen LogP contribution in [-0.2, 0) is 0 Å². The topological polar surface area (TPSA) is 0 Å². The van der Waals surface area contributed by atoms with Gasteiger partial charge in [0.15, 0.2) is 0 Å². The van der Waals surface area contributed by atoms with Gasteiger partial charge >= 0.3 is 0 Å². The number of hydrogen-bond donors (Lipinski definition) is 0. The van der Waals surface area contributed by atoms with Gasteiger partial charge in [0.25, 0.3) is 0 Å². The van der Waals surface area contributed by atoms with Crippen LogP contribution >= 0.6 is 11.8 Å². The van der Waals surface area contributed by atoms with E-state index < -0.39 is 0 Å². The third-order valence-corrected chi connectivity index (χ3v) is 1.41. The molecule has 0 bridgehead atoms. The normalized spacial score (nSPS) is 8.25. The molecule has 0 unspecified atom stereocenters. The second-order valence-electron chi connectivity index (χ2n) is 1.99. The van der Waals surface area contributed by atoms with Crippen LogP contribution < -0.4 is 0 Å². The average Bonchev–Trinajstić information content (AvgIpc) is 1.69. The maximum atomic E-state index is 2.19. The molecule has 0 radical (unpaired) electrons. The zero-order chi connectivity index (χ0) is 6.99. The Bertz CT molecular complexity index is 25.6. The van der Waals surface area contributed by atoms with Crippen molar-refractivity contribution in [3.63, 3.8) is 0 Å². The molecule has 0 aromatic heterocycles. The van der Waals surface area contributed by atoms with Crippen LogP contribution in [0.4, 0.5) is 0 Å². The van der Waals surface area contributed by atoms with Crippen molar-refractivity contribution in [1.82, 2.24) is 0 Å². The zero-order valence-corrected chi connectivity index (χ0v) is 7.51. The second kappa shape index (κ2) is 10.4. The van der Waals surface area contributed by atoms with Crippen molar-refractivity contribution < 1.29 is 0 Å². The Hall–Kier alpha value is 0.350. The first kappa shape index (κ1) is 11.2. The molecule has 0 N–H and O–H groups in total. The fraction of sp³-hybridized carbons (Fsp3) is 1.00. The zero-order valence-electron chi connectivity index (χ0n) is 6.69. The summed E-state index contributed by atoms with van der Waals surface area (Å²) >= 11 is 1.88. The molecule has 0 saturated heterocycles. The number of hydrogen-bond acceptors (Lipinski definition) is 1. The number of thioether (sulfide) groups is 1.